The molecular weight excluding hydrogens is 244 g/mol. The van der Waals surface area contributed by atoms with Gasteiger partial charge in [0.15, 0.2) is 0 Å². The maximum absolute atomic E-state index is 11.9. The van der Waals surface area contributed by atoms with Crippen molar-refractivity contribution >= 4 is 11.0 Å². The van der Waals surface area contributed by atoms with Crippen molar-refractivity contribution in [1.82, 2.24) is 9.13 Å². The number of fused-ring (bicyclic) bond motifs is 2. The highest BCUT2D eigenvalue weighted by molar-refractivity contribution is 5.78. The first-order valence-electron chi connectivity index (χ1n) is 6.55. The topological polar surface area (TPSA) is 67.4 Å². The van der Waals surface area contributed by atoms with Gasteiger partial charge in [-0.05, 0) is 42.5 Å². The van der Waals surface area contributed by atoms with E-state index in [0.29, 0.717) is 6.42 Å². The zero-order valence-corrected chi connectivity index (χ0v) is 11.1. The van der Waals surface area contributed by atoms with Crippen molar-refractivity contribution in [1.29, 1.82) is 0 Å². The van der Waals surface area contributed by atoms with Gasteiger partial charge in [-0.1, -0.05) is 0 Å². The molecule has 1 aromatic heterocycles. The third kappa shape index (κ3) is 1.73. The van der Waals surface area contributed by atoms with Crippen LogP contribution in [0.15, 0.2) is 16.9 Å². The second-order valence-corrected chi connectivity index (χ2v) is 5.34. The highest BCUT2D eigenvalue weighted by Crippen LogP contribution is 2.31. The Morgan fingerprint density at radius 2 is 1.79 bits per heavy atom. The predicted molar refractivity (Wildman–Crippen MR) is 72.1 cm³/mol. The van der Waals surface area contributed by atoms with Crippen LogP contribution in [0.3, 0.4) is 0 Å². The Morgan fingerprint density at radius 1 is 1.16 bits per heavy atom. The van der Waals surface area contributed by atoms with Gasteiger partial charge in [-0.25, -0.2) is 4.79 Å². The van der Waals surface area contributed by atoms with Crippen LogP contribution in [0.25, 0.3) is 11.0 Å². The molecule has 102 valence electrons. The van der Waals surface area contributed by atoms with Crippen molar-refractivity contribution in [2.75, 3.05) is 0 Å². The smallest absolute Gasteiger partial charge is 0.328 e. The molecule has 19 heavy (non-hydrogen) atoms. The molecule has 1 aromatic carbocycles. The number of rotatable bonds is 0. The fourth-order valence-corrected chi connectivity index (χ4v) is 2.96. The Bertz CT molecular complexity index is 699. The third-order valence-electron chi connectivity index (χ3n) is 4.16. The van der Waals surface area contributed by atoms with Gasteiger partial charge < -0.3 is 10.2 Å². The number of aromatic nitrogens is 2. The largest absolute Gasteiger partial charge is 0.390 e. The number of imidazole rings is 1. The predicted octanol–water partition coefficient (Wildman–Crippen LogP) is 0.608. The van der Waals surface area contributed by atoms with Crippen LogP contribution in [0.4, 0.5) is 0 Å². The Kier molecular flexibility index (Phi) is 2.76. The molecule has 1 heterocycles. The quantitative estimate of drug-likeness (QED) is 0.683. The first-order valence-corrected chi connectivity index (χ1v) is 6.55. The molecule has 5 heteroatoms. The number of aliphatic hydroxyl groups is 2. The normalized spacial score (nSPS) is 23.4. The molecule has 3 rings (SSSR count). The van der Waals surface area contributed by atoms with Crippen LogP contribution in [0, 0.1) is 0 Å². The summed E-state index contributed by atoms with van der Waals surface area (Å²) in [4.78, 5) is 11.9. The van der Waals surface area contributed by atoms with Crippen LogP contribution in [0.2, 0.25) is 0 Å². The lowest BCUT2D eigenvalue weighted by molar-refractivity contribution is 0.0153. The number of nitrogens with zero attached hydrogens (tertiary/aromatic N) is 2. The molecule has 1 aliphatic rings. The van der Waals surface area contributed by atoms with Gasteiger partial charge in [-0.3, -0.25) is 9.13 Å². The van der Waals surface area contributed by atoms with E-state index in [1.54, 1.807) is 23.2 Å². The van der Waals surface area contributed by atoms with Gasteiger partial charge in [0.25, 0.3) is 0 Å². The van der Waals surface area contributed by atoms with E-state index in [1.165, 1.54) is 0 Å². The molecule has 2 N–H and O–H groups in total. The van der Waals surface area contributed by atoms with Gasteiger partial charge in [-0.2, -0.15) is 0 Å². The minimum Gasteiger partial charge on any atom is -0.390 e. The Labute approximate surface area is 110 Å². The van der Waals surface area contributed by atoms with Crippen LogP contribution >= 0.6 is 0 Å². The first kappa shape index (κ1) is 12.4. The number of hydrogen-bond acceptors (Lipinski definition) is 3. The SMILES string of the molecule is Cn1c(=O)n(C)c2cc3c(cc21)CCC[C@H](O)[C@@H]3O. The standard InChI is InChI=1S/C14H18N2O3/c1-15-10-6-8-4-3-5-12(17)13(18)9(8)7-11(10)16(2)14(15)19/h6-7,12-13,17-18H,3-5H2,1-2H3/t12-,13+/m0/s1. The summed E-state index contributed by atoms with van der Waals surface area (Å²) in [5.74, 6) is 0. The summed E-state index contributed by atoms with van der Waals surface area (Å²) in [5.41, 5.74) is 3.36. The molecule has 0 amide bonds. The second kappa shape index (κ2) is 4.21. The van der Waals surface area contributed by atoms with Crippen molar-refractivity contribution in [2.45, 2.75) is 31.5 Å². The number of hydrogen-bond donors (Lipinski definition) is 2. The van der Waals surface area contributed by atoms with E-state index in [-0.39, 0.29) is 5.69 Å². The number of aryl methyl sites for hydroxylation is 3. The van der Waals surface area contributed by atoms with Crippen molar-refractivity contribution in [3.8, 4) is 0 Å². The molecule has 0 saturated carbocycles. The summed E-state index contributed by atoms with van der Waals surface area (Å²) in [6.45, 7) is 0. The molecule has 2 aromatic rings. The highest BCUT2D eigenvalue weighted by Gasteiger charge is 2.25. The molecule has 0 spiro atoms. The van der Waals surface area contributed by atoms with E-state index in [1.807, 2.05) is 12.1 Å². The van der Waals surface area contributed by atoms with Crippen LogP contribution < -0.4 is 5.69 Å². The fraction of sp³-hybridized carbons (Fsp3) is 0.500. The second-order valence-electron chi connectivity index (χ2n) is 5.34. The van der Waals surface area contributed by atoms with Gasteiger partial charge in [0.2, 0.25) is 0 Å². The molecule has 0 fully saturated rings. The van der Waals surface area contributed by atoms with Gasteiger partial charge in [0.1, 0.15) is 6.10 Å². The average molecular weight is 262 g/mol. The third-order valence-corrected chi connectivity index (χ3v) is 4.16. The lowest BCUT2D eigenvalue weighted by Crippen LogP contribution is -2.19. The molecule has 0 unspecified atom stereocenters. The summed E-state index contributed by atoms with van der Waals surface area (Å²) in [7, 11) is 3.47. The highest BCUT2D eigenvalue weighted by atomic mass is 16.3. The summed E-state index contributed by atoms with van der Waals surface area (Å²) in [6.07, 6.45) is 0.683. The number of benzene rings is 1. The molecule has 0 aliphatic heterocycles. The maximum atomic E-state index is 11.9. The lowest BCUT2D eigenvalue weighted by Gasteiger charge is -2.17. The molecule has 0 saturated heterocycles. The van der Waals surface area contributed by atoms with Crippen molar-refractivity contribution in [3.63, 3.8) is 0 Å². The number of aliphatic hydroxyl groups excluding tert-OH is 2. The van der Waals surface area contributed by atoms with E-state index in [4.69, 9.17) is 0 Å². The lowest BCUT2D eigenvalue weighted by atomic mass is 9.99. The van der Waals surface area contributed by atoms with Gasteiger partial charge in [-0.15, -0.1) is 0 Å². The molecule has 0 bridgehead atoms. The molecular formula is C14H18N2O3. The summed E-state index contributed by atoms with van der Waals surface area (Å²) < 4.78 is 3.18. The monoisotopic (exact) mass is 262 g/mol. The van der Waals surface area contributed by atoms with Crippen LogP contribution in [0.5, 0.6) is 0 Å². The Balaban J connectivity index is 2.32. The van der Waals surface area contributed by atoms with Crippen LogP contribution in [0.1, 0.15) is 30.1 Å². The van der Waals surface area contributed by atoms with Crippen molar-refractivity contribution < 1.29 is 10.2 Å². The molecule has 5 nitrogen and oxygen atoms in total. The van der Waals surface area contributed by atoms with Gasteiger partial charge in [0, 0.05) is 14.1 Å². The zero-order valence-electron chi connectivity index (χ0n) is 11.1. The fourth-order valence-electron chi connectivity index (χ4n) is 2.96. The molecule has 1 aliphatic carbocycles. The first-order chi connectivity index (χ1) is 9.00. The van der Waals surface area contributed by atoms with Crippen LogP contribution in [-0.4, -0.2) is 25.5 Å². The summed E-state index contributed by atoms with van der Waals surface area (Å²) in [5, 5.41) is 20.1. The zero-order chi connectivity index (χ0) is 13.7. The summed E-state index contributed by atoms with van der Waals surface area (Å²) in [6, 6.07) is 3.80. The van der Waals surface area contributed by atoms with Crippen LogP contribution in [-0.2, 0) is 20.5 Å². The average Bonchev–Trinajstić information content (AvgIpc) is 2.54. The van der Waals surface area contributed by atoms with E-state index >= 15 is 0 Å². The van der Waals surface area contributed by atoms with Gasteiger partial charge in [0.05, 0.1) is 17.1 Å². The molecule has 2 atom stereocenters. The van der Waals surface area contributed by atoms with E-state index < -0.39 is 12.2 Å². The van der Waals surface area contributed by atoms with E-state index in [9.17, 15) is 15.0 Å². The minimum absolute atomic E-state index is 0.0785. The Morgan fingerprint density at radius 3 is 2.47 bits per heavy atom. The van der Waals surface area contributed by atoms with Crippen molar-refractivity contribution in [3.05, 3.63) is 33.7 Å². The Hall–Kier alpha value is -1.59. The summed E-state index contributed by atoms with van der Waals surface area (Å²) >= 11 is 0. The minimum atomic E-state index is -0.864. The van der Waals surface area contributed by atoms with Crippen molar-refractivity contribution in [2.24, 2.45) is 14.1 Å². The van der Waals surface area contributed by atoms with Gasteiger partial charge >= 0.3 is 5.69 Å². The maximum Gasteiger partial charge on any atom is 0.328 e. The van der Waals surface area contributed by atoms with E-state index in [2.05, 4.69) is 0 Å². The van der Waals surface area contributed by atoms with E-state index in [0.717, 1.165) is 35.0 Å². The molecule has 0 radical (unpaired) electrons.